The molecular weight excluding hydrogens is 345 g/mol. The number of hydrogen-bond acceptors (Lipinski definition) is 5. The summed E-state index contributed by atoms with van der Waals surface area (Å²) in [7, 11) is 0. The van der Waals surface area contributed by atoms with E-state index in [9.17, 15) is 4.79 Å². The molecule has 0 saturated carbocycles. The molecule has 1 amide bonds. The monoisotopic (exact) mass is 353 g/mol. The maximum absolute atomic E-state index is 11.2. The lowest BCUT2D eigenvalue weighted by Crippen LogP contribution is -2.04. The molecule has 0 spiro atoms. The van der Waals surface area contributed by atoms with Gasteiger partial charge in [0.2, 0.25) is 5.91 Å². The summed E-state index contributed by atoms with van der Waals surface area (Å²) in [5.41, 5.74) is 1.30. The summed E-state index contributed by atoms with van der Waals surface area (Å²) in [4.78, 5) is 19.6. The highest BCUT2D eigenvalue weighted by molar-refractivity contribution is 7.18. The first kappa shape index (κ1) is 15.0. The number of nitrogens with one attached hydrogen (secondary N) is 1. The molecule has 9 heteroatoms. The van der Waals surface area contributed by atoms with E-state index in [1.54, 1.807) is 29.2 Å². The molecule has 0 bridgehead atoms. The lowest BCUT2D eigenvalue weighted by Gasteiger charge is -2.04. The van der Waals surface area contributed by atoms with Gasteiger partial charge in [-0.15, -0.1) is 0 Å². The zero-order valence-corrected chi connectivity index (χ0v) is 13.6. The van der Waals surface area contributed by atoms with Crippen molar-refractivity contribution in [3.8, 4) is 16.3 Å². The summed E-state index contributed by atoms with van der Waals surface area (Å²) in [6.45, 7) is 1.42. The van der Waals surface area contributed by atoms with Crippen LogP contribution in [0.5, 0.6) is 0 Å². The summed E-state index contributed by atoms with van der Waals surface area (Å²) >= 11 is 13.5. The van der Waals surface area contributed by atoms with Gasteiger partial charge in [0.15, 0.2) is 5.13 Å². The van der Waals surface area contributed by atoms with Gasteiger partial charge in [-0.25, -0.2) is 14.6 Å². The van der Waals surface area contributed by atoms with Crippen LogP contribution in [0.2, 0.25) is 10.0 Å². The smallest absolute Gasteiger partial charge is 0.223 e. The fourth-order valence-corrected chi connectivity index (χ4v) is 3.29. The van der Waals surface area contributed by atoms with Crippen molar-refractivity contribution in [1.29, 1.82) is 0 Å². The number of carbonyl (C=O) groups is 1. The number of benzene rings is 1. The van der Waals surface area contributed by atoms with Crippen molar-refractivity contribution >= 4 is 45.6 Å². The first-order chi connectivity index (χ1) is 10.5. The van der Waals surface area contributed by atoms with E-state index in [-0.39, 0.29) is 5.91 Å². The van der Waals surface area contributed by atoms with Crippen LogP contribution in [0.15, 0.2) is 30.9 Å². The number of anilines is 1. The minimum Gasteiger partial charge on any atom is -0.302 e. The molecule has 1 aromatic carbocycles. The van der Waals surface area contributed by atoms with Gasteiger partial charge in [-0.3, -0.25) is 4.79 Å². The summed E-state index contributed by atoms with van der Waals surface area (Å²) < 4.78 is 1.57. The number of amides is 1. The third kappa shape index (κ3) is 2.96. The molecule has 3 aromatic rings. The Hall–Kier alpha value is -1.96. The molecule has 0 fully saturated rings. The van der Waals surface area contributed by atoms with Crippen molar-refractivity contribution in [1.82, 2.24) is 19.7 Å². The van der Waals surface area contributed by atoms with Gasteiger partial charge in [0, 0.05) is 17.5 Å². The standard InChI is InChI=1S/C13H9Cl2N5OS/c1-7(21)18-13-19-11(9-3-2-8(14)4-10(9)15)12(22-13)20-6-16-5-17-20/h2-6H,1H3,(H,18,19,21). The van der Waals surface area contributed by atoms with Crippen LogP contribution in [0, 0.1) is 0 Å². The lowest BCUT2D eigenvalue weighted by molar-refractivity contribution is -0.114. The second kappa shape index (κ2) is 6.04. The number of nitrogens with zero attached hydrogens (tertiary/aromatic N) is 4. The van der Waals surface area contributed by atoms with Gasteiger partial charge in [0.25, 0.3) is 0 Å². The summed E-state index contributed by atoms with van der Waals surface area (Å²) in [6, 6.07) is 5.14. The van der Waals surface area contributed by atoms with Crippen LogP contribution in [0.25, 0.3) is 16.3 Å². The molecule has 0 aliphatic carbocycles. The van der Waals surface area contributed by atoms with Crippen LogP contribution in [-0.2, 0) is 4.79 Å². The molecule has 112 valence electrons. The average Bonchev–Trinajstić information content (AvgIpc) is 3.07. The Balaban J connectivity index is 2.16. The molecule has 0 unspecified atom stereocenters. The second-order valence-electron chi connectivity index (χ2n) is 4.32. The minimum atomic E-state index is -0.201. The fraction of sp³-hybridized carbons (Fsp3) is 0.0769. The zero-order valence-electron chi connectivity index (χ0n) is 11.2. The van der Waals surface area contributed by atoms with Crippen LogP contribution in [0.1, 0.15) is 6.92 Å². The number of thiazole rings is 1. The predicted molar refractivity (Wildman–Crippen MR) is 86.8 cm³/mol. The highest BCUT2D eigenvalue weighted by Gasteiger charge is 2.18. The van der Waals surface area contributed by atoms with E-state index in [1.807, 2.05) is 0 Å². The highest BCUT2D eigenvalue weighted by Crippen LogP contribution is 2.38. The number of aromatic nitrogens is 4. The third-order valence-corrected chi connectivity index (χ3v) is 4.21. The third-order valence-electron chi connectivity index (χ3n) is 2.71. The van der Waals surface area contributed by atoms with Crippen LogP contribution in [0.4, 0.5) is 5.13 Å². The Morgan fingerprint density at radius 3 is 2.82 bits per heavy atom. The topological polar surface area (TPSA) is 72.7 Å². The zero-order chi connectivity index (χ0) is 15.7. The van der Waals surface area contributed by atoms with E-state index in [0.717, 1.165) is 0 Å². The largest absolute Gasteiger partial charge is 0.302 e. The Morgan fingerprint density at radius 2 is 2.18 bits per heavy atom. The Bertz CT molecular complexity index is 831. The van der Waals surface area contributed by atoms with Crippen molar-refractivity contribution in [2.24, 2.45) is 0 Å². The first-order valence-corrected chi connectivity index (χ1v) is 7.70. The van der Waals surface area contributed by atoms with E-state index >= 15 is 0 Å². The molecule has 0 aliphatic rings. The van der Waals surface area contributed by atoms with E-state index in [1.165, 1.54) is 24.6 Å². The summed E-state index contributed by atoms with van der Waals surface area (Å²) in [5.74, 6) is -0.201. The van der Waals surface area contributed by atoms with E-state index < -0.39 is 0 Å². The molecule has 6 nitrogen and oxygen atoms in total. The lowest BCUT2D eigenvalue weighted by atomic mass is 10.1. The second-order valence-corrected chi connectivity index (χ2v) is 6.14. The summed E-state index contributed by atoms with van der Waals surface area (Å²) in [5, 5.41) is 8.93. The number of carbonyl (C=O) groups excluding carboxylic acids is 1. The van der Waals surface area contributed by atoms with E-state index in [4.69, 9.17) is 23.2 Å². The average molecular weight is 354 g/mol. The highest BCUT2D eigenvalue weighted by atomic mass is 35.5. The quantitative estimate of drug-likeness (QED) is 0.779. The molecule has 0 atom stereocenters. The Morgan fingerprint density at radius 1 is 1.36 bits per heavy atom. The molecule has 2 heterocycles. The van der Waals surface area contributed by atoms with Crippen molar-refractivity contribution < 1.29 is 4.79 Å². The van der Waals surface area contributed by atoms with Crippen molar-refractivity contribution in [2.45, 2.75) is 6.92 Å². The van der Waals surface area contributed by atoms with Crippen LogP contribution in [0.3, 0.4) is 0 Å². The van der Waals surface area contributed by atoms with Crippen molar-refractivity contribution in [3.63, 3.8) is 0 Å². The van der Waals surface area contributed by atoms with Gasteiger partial charge in [-0.05, 0) is 18.2 Å². The predicted octanol–water partition coefficient (Wildman–Crippen LogP) is 3.66. The first-order valence-electron chi connectivity index (χ1n) is 6.13. The molecule has 3 rings (SSSR count). The number of rotatable bonds is 3. The minimum absolute atomic E-state index is 0.201. The molecule has 22 heavy (non-hydrogen) atoms. The van der Waals surface area contributed by atoms with Gasteiger partial charge in [0.1, 0.15) is 23.3 Å². The molecular formula is C13H9Cl2N5OS. The van der Waals surface area contributed by atoms with Crippen LogP contribution < -0.4 is 5.32 Å². The summed E-state index contributed by atoms with van der Waals surface area (Å²) in [6.07, 6.45) is 2.98. The van der Waals surface area contributed by atoms with Gasteiger partial charge in [-0.2, -0.15) is 5.10 Å². The van der Waals surface area contributed by atoms with E-state index in [2.05, 4.69) is 20.4 Å². The molecule has 0 saturated heterocycles. The van der Waals surface area contributed by atoms with Crippen LogP contribution >= 0.6 is 34.5 Å². The van der Waals surface area contributed by atoms with Crippen LogP contribution in [-0.4, -0.2) is 25.7 Å². The maximum atomic E-state index is 11.2. The van der Waals surface area contributed by atoms with E-state index in [0.29, 0.717) is 31.4 Å². The fourth-order valence-electron chi connectivity index (χ4n) is 1.84. The number of hydrogen-bond donors (Lipinski definition) is 1. The van der Waals surface area contributed by atoms with Crippen molar-refractivity contribution in [3.05, 3.63) is 40.9 Å². The number of halogens is 2. The molecule has 0 aliphatic heterocycles. The molecule has 1 N–H and O–H groups in total. The van der Waals surface area contributed by atoms with Gasteiger partial charge >= 0.3 is 0 Å². The Labute approximate surface area is 139 Å². The Kier molecular flexibility index (Phi) is 4.10. The molecule has 2 aromatic heterocycles. The molecule has 0 radical (unpaired) electrons. The van der Waals surface area contributed by atoms with Gasteiger partial charge in [0.05, 0.1) is 5.02 Å². The van der Waals surface area contributed by atoms with Gasteiger partial charge in [-0.1, -0.05) is 34.5 Å². The van der Waals surface area contributed by atoms with Crippen molar-refractivity contribution in [2.75, 3.05) is 5.32 Å². The maximum Gasteiger partial charge on any atom is 0.223 e. The SMILES string of the molecule is CC(=O)Nc1nc(-c2ccc(Cl)cc2Cl)c(-n2cncn2)s1. The van der Waals surface area contributed by atoms with Gasteiger partial charge < -0.3 is 5.32 Å². The normalized spacial score (nSPS) is 10.7.